The maximum Gasteiger partial charge on any atom is 0.125 e. The van der Waals surface area contributed by atoms with Crippen LogP contribution in [-0.4, -0.2) is 36.1 Å². The summed E-state index contributed by atoms with van der Waals surface area (Å²) in [5, 5.41) is 0. The maximum atomic E-state index is 13.1. The highest BCUT2D eigenvalue weighted by molar-refractivity contribution is 5.67. The lowest BCUT2D eigenvalue weighted by molar-refractivity contribution is 0.0799. The lowest BCUT2D eigenvalue weighted by atomic mass is 10.0. The average molecular weight is 265 g/mol. The molecule has 0 spiro atoms. The van der Waals surface area contributed by atoms with Gasteiger partial charge in [0.25, 0.3) is 0 Å². The molecule has 0 bridgehead atoms. The molecule has 1 saturated heterocycles. The highest BCUT2D eigenvalue weighted by atomic mass is 19.1. The van der Waals surface area contributed by atoms with Gasteiger partial charge in [0.1, 0.15) is 5.82 Å². The number of rotatable bonds is 1. The fourth-order valence-corrected chi connectivity index (χ4v) is 2.99. The lowest BCUT2D eigenvalue weighted by Crippen LogP contribution is -2.58. The molecule has 1 aromatic rings. The van der Waals surface area contributed by atoms with Crippen LogP contribution in [0.4, 0.5) is 15.8 Å². The molecule has 0 saturated carbocycles. The maximum absolute atomic E-state index is 13.1. The van der Waals surface area contributed by atoms with Crippen LogP contribution in [0.2, 0.25) is 0 Å². The van der Waals surface area contributed by atoms with Crippen molar-refractivity contribution >= 4 is 11.4 Å². The van der Waals surface area contributed by atoms with E-state index in [9.17, 15) is 4.39 Å². The molecular weight excluding hydrogens is 241 g/mol. The second kappa shape index (κ2) is 5.00. The van der Waals surface area contributed by atoms with E-state index in [4.69, 9.17) is 5.73 Å². The van der Waals surface area contributed by atoms with Gasteiger partial charge in [0.15, 0.2) is 0 Å². The predicted octanol–water partition coefficient (Wildman–Crippen LogP) is 2.72. The van der Waals surface area contributed by atoms with Gasteiger partial charge in [0, 0.05) is 31.2 Å². The van der Waals surface area contributed by atoms with Gasteiger partial charge in [0.05, 0.1) is 11.4 Å². The van der Waals surface area contributed by atoms with Crippen molar-refractivity contribution in [2.45, 2.75) is 39.3 Å². The average Bonchev–Trinajstić information content (AvgIpc) is 2.26. The minimum atomic E-state index is -0.275. The number of benzene rings is 1. The van der Waals surface area contributed by atoms with Crippen LogP contribution in [0.5, 0.6) is 0 Å². The SMILES string of the molecule is CC1CN(c2ccc(F)cc2N)CCN1C(C)(C)C. The van der Waals surface area contributed by atoms with Crippen LogP contribution in [-0.2, 0) is 0 Å². The molecule has 3 nitrogen and oxygen atoms in total. The summed E-state index contributed by atoms with van der Waals surface area (Å²) in [4.78, 5) is 4.75. The quantitative estimate of drug-likeness (QED) is 0.792. The molecule has 2 rings (SSSR count). The fourth-order valence-electron chi connectivity index (χ4n) is 2.99. The van der Waals surface area contributed by atoms with Crippen molar-refractivity contribution < 1.29 is 4.39 Å². The van der Waals surface area contributed by atoms with E-state index < -0.39 is 0 Å². The first-order valence-corrected chi connectivity index (χ1v) is 6.86. The molecule has 4 heteroatoms. The van der Waals surface area contributed by atoms with Crippen LogP contribution in [0.25, 0.3) is 0 Å². The van der Waals surface area contributed by atoms with Crippen molar-refractivity contribution in [3.05, 3.63) is 24.0 Å². The Bertz CT molecular complexity index is 453. The van der Waals surface area contributed by atoms with Gasteiger partial charge in [-0.15, -0.1) is 0 Å². The zero-order valence-corrected chi connectivity index (χ0v) is 12.3. The summed E-state index contributed by atoms with van der Waals surface area (Å²) in [6, 6.07) is 5.12. The molecule has 0 amide bonds. The van der Waals surface area contributed by atoms with E-state index in [2.05, 4.69) is 37.5 Å². The summed E-state index contributed by atoms with van der Waals surface area (Å²) in [7, 11) is 0. The highest BCUT2D eigenvalue weighted by Crippen LogP contribution is 2.28. The minimum Gasteiger partial charge on any atom is -0.397 e. The molecule has 106 valence electrons. The summed E-state index contributed by atoms with van der Waals surface area (Å²) < 4.78 is 13.1. The number of hydrogen-bond acceptors (Lipinski definition) is 3. The first kappa shape index (κ1) is 14.1. The van der Waals surface area contributed by atoms with Gasteiger partial charge in [-0.3, -0.25) is 4.90 Å². The van der Waals surface area contributed by atoms with Gasteiger partial charge in [0.2, 0.25) is 0 Å². The molecule has 1 fully saturated rings. The summed E-state index contributed by atoms with van der Waals surface area (Å²) in [5.41, 5.74) is 7.57. The molecule has 19 heavy (non-hydrogen) atoms. The van der Waals surface area contributed by atoms with Gasteiger partial charge < -0.3 is 10.6 Å². The van der Waals surface area contributed by atoms with E-state index in [1.54, 1.807) is 6.07 Å². The molecule has 0 aromatic heterocycles. The summed E-state index contributed by atoms with van der Waals surface area (Å²) in [5.74, 6) is -0.275. The van der Waals surface area contributed by atoms with Crippen molar-refractivity contribution in [3.8, 4) is 0 Å². The van der Waals surface area contributed by atoms with Crippen molar-refractivity contribution in [2.24, 2.45) is 0 Å². The Morgan fingerprint density at radius 2 is 1.95 bits per heavy atom. The normalized spacial score (nSPS) is 21.7. The molecule has 0 radical (unpaired) electrons. The van der Waals surface area contributed by atoms with Gasteiger partial charge in [-0.2, -0.15) is 0 Å². The molecule has 1 heterocycles. The highest BCUT2D eigenvalue weighted by Gasteiger charge is 2.31. The van der Waals surface area contributed by atoms with E-state index in [1.807, 2.05) is 0 Å². The predicted molar refractivity (Wildman–Crippen MR) is 78.9 cm³/mol. The van der Waals surface area contributed by atoms with E-state index in [1.165, 1.54) is 12.1 Å². The molecule has 1 aromatic carbocycles. The number of nitrogen functional groups attached to an aromatic ring is 1. The van der Waals surface area contributed by atoms with Gasteiger partial charge in [-0.25, -0.2) is 4.39 Å². The summed E-state index contributed by atoms with van der Waals surface area (Å²) >= 11 is 0. The van der Waals surface area contributed by atoms with Crippen molar-refractivity contribution in [2.75, 3.05) is 30.3 Å². The van der Waals surface area contributed by atoms with E-state index in [0.717, 1.165) is 25.3 Å². The molecule has 1 unspecified atom stereocenters. The minimum absolute atomic E-state index is 0.180. The van der Waals surface area contributed by atoms with Gasteiger partial charge in [-0.1, -0.05) is 0 Å². The second-order valence-corrected chi connectivity index (χ2v) is 6.36. The number of nitrogens with zero attached hydrogens (tertiary/aromatic N) is 2. The van der Waals surface area contributed by atoms with Crippen molar-refractivity contribution in [1.82, 2.24) is 4.90 Å². The number of hydrogen-bond donors (Lipinski definition) is 1. The van der Waals surface area contributed by atoms with E-state index in [-0.39, 0.29) is 11.4 Å². The monoisotopic (exact) mass is 265 g/mol. The van der Waals surface area contributed by atoms with Crippen LogP contribution in [0, 0.1) is 5.82 Å². The first-order valence-electron chi connectivity index (χ1n) is 6.86. The second-order valence-electron chi connectivity index (χ2n) is 6.36. The zero-order valence-electron chi connectivity index (χ0n) is 12.3. The zero-order chi connectivity index (χ0) is 14.2. The third-order valence-corrected chi connectivity index (χ3v) is 3.82. The van der Waals surface area contributed by atoms with Crippen molar-refractivity contribution in [1.29, 1.82) is 0 Å². The Morgan fingerprint density at radius 1 is 1.26 bits per heavy atom. The number of piperazine rings is 1. The van der Waals surface area contributed by atoms with E-state index in [0.29, 0.717) is 11.7 Å². The van der Waals surface area contributed by atoms with Crippen molar-refractivity contribution in [3.63, 3.8) is 0 Å². The lowest BCUT2D eigenvalue weighted by Gasteiger charge is -2.47. The van der Waals surface area contributed by atoms with Crippen LogP contribution in [0.3, 0.4) is 0 Å². The first-order chi connectivity index (χ1) is 8.79. The van der Waals surface area contributed by atoms with Crippen LogP contribution in [0.15, 0.2) is 18.2 Å². The van der Waals surface area contributed by atoms with Gasteiger partial charge >= 0.3 is 0 Å². The Kier molecular flexibility index (Phi) is 3.72. The standard InChI is InChI=1S/C15H24FN3/c1-11-10-18(7-8-19(11)15(2,3)4)14-6-5-12(16)9-13(14)17/h5-6,9,11H,7-8,10,17H2,1-4H3. The summed E-state index contributed by atoms with van der Waals surface area (Å²) in [6.07, 6.45) is 0. The summed E-state index contributed by atoms with van der Waals surface area (Å²) in [6.45, 7) is 11.8. The van der Waals surface area contributed by atoms with E-state index >= 15 is 0 Å². The molecule has 0 aliphatic carbocycles. The van der Waals surface area contributed by atoms with Crippen LogP contribution in [0.1, 0.15) is 27.7 Å². The van der Waals surface area contributed by atoms with Crippen LogP contribution >= 0.6 is 0 Å². The van der Waals surface area contributed by atoms with Gasteiger partial charge in [-0.05, 0) is 45.9 Å². The third-order valence-electron chi connectivity index (χ3n) is 3.82. The molecule has 1 atom stereocenters. The molecule has 1 aliphatic heterocycles. The Morgan fingerprint density at radius 3 is 2.47 bits per heavy atom. The third kappa shape index (κ3) is 3.00. The number of anilines is 2. The molecular formula is C15H24FN3. The Hall–Kier alpha value is -1.29. The Labute approximate surface area is 115 Å². The topological polar surface area (TPSA) is 32.5 Å². The largest absolute Gasteiger partial charge is 0.397 e. The smallest absolute Gasteiger partial charge is 0.125 e. The number of halogens is 1. The number of nitrogens with two attached hydrogens (primary N) is 1. The molecule has 1 aliphatic rings. The van der Waals surface area contributed by atoms with Crippen LogP contribution < -0.4 is 10.6 Å². The Balaban J connectivity index is 2.14. The fraction of sp³-hybridized carbons (Fsp3) is 0.600. The molecule has 2 N–H and O–H groups in total.